The first-order valence-corrected chi connectivity index (χ1v) is 41.3. The molecule has 0 atom stereocenters. The summed E-state index contributed by atoms with van der Waals surface area (Å²) in [6.07, 6.45) is 0. The molecular formula is C114H68N2O6. The molecule has 8 nitrogen and oxygen atoms in total. The Labute approximate surface area is 699 Å². The molecule has 0 saturated carbocycles. The van der Waals surface area contributed by atoms with Crippen LogP contribution >= 0.6 is 0 Å². The molecule has 0 aliphatic carbocycles. The van der Waals surface area contributed by atoms with E-state index in [-0.39, 0.29) is 0 Å². The van der Waals surface area contributed by atoms with Gasteiger partial charge in [-0.2, -0.15) is 0 Å². The van der Waals surface area contributed by atoms with Gasteiger partial charge < -0.3 is 36.3 Å². The average molecular weight is 1560 g/mol. The van der Waals surface area contributed by atoms with Gasteiger partial charge in [0.2, 0.25) is 0 Å². The van der Waals surface area contributed by atoms with Gasteiger partial charge in [0.05, 0.1) is 0 Å². The van der Waals surface area contributed by atoms with Crippen molar-refractivity contribution < 1.29 is 26.5 Å². The molecule has 0 N–H and O–H groups in total. The predicted molar refractivity (Wildman–Crippen MR) is 503 cm³/mol. The fourth-order valence-electron chi connectivity index (χ4n) is 18.6. The van der Waals surface area contributed by atoms with Crippen molar-refractivity contribution in [3.8, 4) is 89.0 Å². The molecule has 570 valence electrons. The second kappa shape index (κ2) is 27.6. The summed E-state index contributed by atoms with van der Waals surface area (Å²) in [6, 6.07) is 147. The first-order chi connectivity index (χ1) is 60.4. The van der Waals surface area contributed by atoms with Gasteiger partial charge in [-0.05, 0) is 248 Å². The molecule has 122 heavy (non-hydrogen) atoms. The monoisotopic (exact) mass is 1560 g/mol. The number of nitrogens with zero attached hydrogens (tertiary/aromatic N) is 2. The Hall–Kier alpha value is -16.4. The summed E-state index contributed by atoms with van der Waals surface area (Å²) >= 11 is 0. The van der Waals surface area contributed by atoms with Gasteiger partial charge in [-0.15, -0.1) is 0 Å². The molecule has 0 spiro atoms. The fourth-order valence-corrected chi connectivity index (χ4v) is 18.6. The molecule has 0 saturated heterocycles. The van der Waals surface area contributed by atoms with Crippen LogP contribution in [0.25, 0.3) is 221 Å². The molecular weight excluding hydrogens is 1490 g/mol. The van der Waals surface area contributed by atoms with E-state index in [2.05, 4.69) is 374 Å². The molecule has 19 aromatic carbocycles. The first kappa shape index (κ1) is 68.8. The van der Waals surface area contributed by atoms with Crippen LogP contribution in [-0.2, 0) is 0 Å². The minimum atomic E-state index is 0.810. The molecule has 6 aromatic heterocycles. The number of hydrogen-bond acceptors (Lipinski definition) is 8. The van der Waals surface area contributed by atoms with E-state index < -0.39 is 0 Å². The van der Waals surface area contributed by atoms with Crippen LogP contribution in [0.3, 0.4) is 0 Å². The van der Waals surface area contributed by atoms with Gasteiger partial charge in [-0.3, -0.25) is 0 Å². The Bertz CT molecular complexity index is 8320. The van der Waals surface area contributed by atoms with Crippen molar-refractivity contribution >= 4 is 166 Å². The van der Waals surface area contributed by atoms with E-state index in [4.69, 9.17) is 26.5 Å². The van der Waals surface area contributed by atoms with E-state index in [1.54, 1.807) is 0 Å². The van der Waals surface area contributed by atoms with Gasteiger partial charge in [-0.25, -0.2) is 0 Å². The fraction of sp³-hybridized carbons (Fsp3) is 0. The van der Waals surface area contributed by atoms with Gasteiger partial charge in [0, 0.05) is 110 Å². The summed E-state index contributed by atoms with van der Waals surface area (Å²) in [5.74, 6) is 0. The van der Waals surface area contributed by atoms with Crippen LogP contribution in [0.4, 0.5) is 34.1 Å². The first-order valence-electron chi connectivity index (χ1n) is 41.3. The standard InChI is InChI=1S/C114H68N2O6/c1-5-19-103-89(11-1)97-63-77(39-57-107(97)117-103)71-25-23-69(24-26-71)70-27-45-83(46-28-70)115(84-47-29-72(30-48-84)78-40-58-108-98(64-78)90-12-2-6-20-104(90)118-108)85-53-35-75(36-54-85)81-43-61-111-101(67-81)95-17-9-15-93(113(95)121-111)94-16-10-18-96-102-68-82(44-62-112(102)122-114(94)96)76-37-55-88(56-38-76)116(86-49-31-73(32-50-86)79-41-59-109-99(65-79)91-13-3-7-21-105(91)119-109)87-51-33-74(34-52-87)80-42-60-110-100(66-80)92-14-4-8-22-106(92)120-110/h1-68H. The Kier molecular flexibility index (Phi) is 15.6. The van der Waals surface area contributed by atoms with E-state index in [9.17, 15) is 0 Å². The summed E-state index contributed by atoms with van der Waals surface area (Å²) in [6.45, 7) is 0. The van der Waals surface area contributed by atoms with E-state index in [0.717, 1.165) is 255 Å². The zero-order valence-corrected chi connectivity index (χ0v) is 65.6. The van der Waals surface area contributed by atoms with Gasteiger partial charge in [0.25, 0.3) is 0 Å². The minimum Gasteiger partial charge on any atom is -0.456 e. The highest BCUT2D eigenvalue weighted by atomic mass is 16.3. The lowest BCUT2D eigenvalue weighted by Crippen LogP contribution is -2.09. The smallest absolute Gasteiger partial charge is 0.143 e. The quantitative estimate of drug-likeness (QED) is 0.106. The lowest BCUT2D eigenvalue weighted by atomic mass is 9.98. The number of hydrogen-bond donors (Lipinski definition) is 0. The molecule has 0 aliphatic rings. The number of benzene rings is 19. The maximum Gasteiger partial charge on any atom is 0.143 e. The summed E-state index contributed by atoms with van der Waals surface area (Å²) < 4.78 is 38.7. The average Bonchev–Trinajstić information content (AvgIpc) is 1.31. The summed E-state index contributed by atoms with van der Waals surface area (Å²) in [4.78, 5) is 4.67. The number of rotatable bonds is 14. The third-order valence-corrected chi connectivity index (χ3v) is 24.8. The van der Waals surface area contributed by atoms with Gasteiger partial charge in [0.1, 0.15) is 67.0 Å². The summed E-state index contributed by atoms with van der Waals surface area (Å²) in [5.41, 5.74) is 34.2. The Balaban J connectivity index is 0.511. The van der Waals surface area contributed by atoms with Crippen molar-refractivity contribution in [3.05, 3.63) is 413 Å². The van der Waals surface area contributed by atoms with Crippen molar-refractivity contribution in [2.75, 3.05) is 9.80 Å². The van der Waals surface area contributed by atoms with Crippen LogP contribution in [0.15, 0.2) is 439 Å². The van der Waals surface area contributed by atoms with Crippen LogP contribution in [-0.4, -0.2) is 0 Å². The van der Waals surface area contributed by atoms with E-state index in [0.29, 0.717) is 0 Å². The third kappa shape index (κ3) is 11.5. The normalized spacial score (nSPS) is 11.9. The highest BCUT2D eigenvalue weighted by molar-refractivity contribution is 6.17. The largest absolute Gasteiger partial charge is 0.456 e. The highest BCUT2D eigenvalue weighted by Crippen LogP contribution is 2.48. The van der Waals surface area contributed by atoms with Gasteiger partial charge >= 0.3 is 0 Å². The van der Waals surface area contributed by atoms with E-state index >= 15 is 0 Å². The van der Waals surface area contributed by atoms with Crippen LogP contribution in [0.1, 0.15) is 0 Å². The highest BCUT2D eigenvalue weighted by Gasteiger charge is 2.23. The zero-order chi connectivity index (χ0) is 80.0. The van der Waals surface area contributed by atoms with Gasteiger partial charge in [0.15, 0.2) is 0 Å². The van der Waals surface area contributed by atoms with Crippen molar-refractivity contribution in [1.82, 2.24) is 0 Å². The number of furan rings is 6. The molecule has 0 aliphatic heterocycles. The van der Waals surface area contributed by atoms with Crippen molar-refractivity contribution in [2.24, 2.45) is 0 Å². The molecule has 0 unspecified atom stereocenters. The minimum absolute atomic E-state index is 0.810. The number of fused-ring (bicyclic) bond motifs is 18. The van der Waals surface area contributed by atoms with Crippen molar-refractivity contribution in [3.63, 3.8) is 0 Å². The second-order valence-electron chi connectivity index (χ2n) is 31.8. The summed E-state index contributed by atoms with van der Waals surface area (Å²) in [7, 11) is 0. The van der Waals surface area contributed by atoms with Crippen molar-refractivity contribution in [1.29, 1.82) is 0 Å². The lowest BCUT2D eigenvalue weighted by molar-refractivity contribution is 0.665. The Morgan fingerprint density at radius 2 is 0.295 bits per heavy atom. The molecule has 8 heteroatoms. The van der Waals surface area contributed by atoms with E-state index in [1.165, 1.54) is 0 Å². The maximum atomic E-state index is 6.94. The van der Waals surface area contributed by atoms with Crippen LogP contribution in [0, 0.1) is 0 Å². The lowest BCUT2D eigenvalue weighted by Gasteiger charge is -2.26. The Morgan fingerprint density at radius 1 is 0.123 bits per heavy atom. The maximum absolute atomic E-state index is 6.94. The molecule has 0 radical (unpaired) electrons. The topological polar surface area (TPSA) is 85.3 Å². The molecule has 0 bridgehead atoms. The second-order valence-corrected chi connectivity index (χ2v) is 31.8. The van der Waals surface area contributed by atoms with Crippen molar-refractivity contribution in [2.45, 2.75) is 0 Å². The van der Waals surface area contributed by atoms with Crippen LogP contribution in [0.2, 0.25) is 0 Å². The third-order valence-electron chi connectivity index (χ3n) is 24.8. The van der Waals surface area contributed by atoms with Crippen LogP contribution < -0.4 is 9.80 Å². The van der Waals surface area contributed by atoms with Crippen LogP contribution in [0.5, 0.6) is 0 Å². The number of anilines is 6. The summed E-state index contributed by atoms with van der Waals surface area (Å²) in [5, 5.41) is 13.0. The Morgan fingerprint density at radius 3 is 0.533 bits per heavy atom. The molecule has 0 fully saturated rings. The zero-order valence-electron chi connectivity index (χ0n) is 65.6. The SMILES string of the molecule is c1ccc2c(c1)oc1ccc(-c3ccc(-c4ccc(N(c5ccc(-c6ccc7oc8ccccc8c7c6)cc5)c5ccc(-c6ccc7oc8c(-c9cccc%10c9oc9ccc(-c%11ccc(N(c%12ccc(-c%13ccc%14oc%15ccccc%15c%14c%13)cc%12)c%12ccc(-c%13ccc%14oc%15ccccc%15c%14c%13)cc%12)cc%11)cc9%10)cccc8c7c6)cc5)cc4)cc3)cc12. The molecule has 0 amide bonds. The molecule has 25 aromatic rings. The number of para-hydroxylation sites is 6. The molecule has 6 heterocycles. The predicted octanol–water partition coefficient (Wildman–Crippen LogP) is 33.4. The molecule has 25 rings (SSSR count). The van der Waals surface area contributed by atoms with Gasteiger partial charge in [-0.1, -0.05) is 243 Å². The van der Waals surface area contributed by atoms with E-state index in [1.807, 2.05) is 48.5 Å².